The zero-order valence-corrected chi connectivity index (χ0v) is 11.2. The second kappa shape index (κ2) is 5.70. The number of cyclic esters (lactones) is 1. The normalized spacial score (nSPS) is 25.5. The molecule has 0 aliphatic carbocycles. The van der Waals surface area contributed by atoms with Gasteiger partial charge < -0.3 is 4.74 Å². The average molecular weight is 226 g/mol. The van der Waals surface area contributed by atoms with E-state index in [0.717, 1.165) is 31.6 Å². The van der Waals surface area contributed by atoms with Crippen molar-refractivity contribution in [2.75, 3.05) is 0 Å². The third-order valence-electron chi connectivity index (χ3n) is 4.36. The molecule has 2 nitrogen and oxygen atoms in total. The van der Waals surface area contributed by atoms with Crippen molar-refractivity contribution < 1.29 is 9.53 Å². The van der Waals surface area contributed by atoms with E-state index in [2.05, 4.69) is 27.7 Å². The van der Waals surface area contributed by atoms with Crippen molar-refractivity contribution in [3.8, 4) is 0 Å². The highest BCUT2D eigenvalue weighted by Crippen LogP contribution is 2.41. The third kappa shape index (κ3) is 2.78. The number of rotatable bonds is 6. The number of hydrogen-bond donors (Lipinski definition) is 0. The number of carbonyl (C=O) groups is 1. The summed E-state index contributed by atoms with van der Waals surface area (Å²) >= 11 is 0. The van der Waals surface area contributed by atoms with E-state index in [1.165, 1.54) is 12.8 Å². The molecule has 0 aromatic heterocycles. The molecular formula is C14H26O2. The van der Waals surface area contributed by atoms with Crippen molar-refractivity contribution in [3.63, 3.8) is 0 Å². The van der Waals surface area contributed by atoms with Crippen LogP contribution < -0.4 is 0 Å². The first kappa shape index (κ1) is 13.5. The van der Waals surface area contributed by atoms with Gasteiger partial charge in [-0.05, 0) is 31.6 Å². The molecule has 1 heterocycles. The van der Waals surface area contributed by atoms with Crippen LogP contribution in [0.5, 0.6) is 0 Å². The van der Waals surface area contributed by atoms with Crippen molar-refractivity contribution in [2.24, 2.45) is 11.3 Å². The van der Waals surface area contributed by atoms with Crippen molar-refractivity contribution in [1.29, 1.82) is 0 Å². The van der Waals surface area contributed by atoms with Crippen LogP contribution >= 0.6 is 0 Å². The van der Waals surface area contributed by atoms with Crippen LogP contribution in [0.15, 0.2) is 0 Å². The van der Waals surface area contributed by atoms with E-state index in [1.807, 2.05) is 0 Å². The van der Waals surface area contributed by atoms with Crippen molar-refractivity contribution >= 4 is 5.97 Å². The fourth-order valence-corrected chi connectivity index (χ4v) is 2.50. The van der Waals surface area contributed by atoms with Gasteiger partial charge in [0.05, 0.1) is 5.41 Å². The number of hydrogen-bond acceptors (Lipinski definition) is 2. The summed E-state index contributed by atoms with van der Waals surface area (Å²) in [6.07, 6.45) is 6.40. The molecular weight excluding hydrogens is 200 g/mol. The van der Waals surface area contributed by atoms with Gasteiger partial charge in [-0.1, -0.05) is 34.1 Å². The van der Waals surface area contributed by atoms with Gasteiger partial charge in [0.1, 0.15) is 6.10 Å². The molecule has 1 aliphatic rings. The van der Waals surface area contributed by atoms with Gasteiger partial charge in [-0.3, -0.25) is 4.79 Å². The Bertz CT molecular complexity index is 231. The van der Waals surface area contributed by atoms with Crippen LogP contribution in [0, 0.1) is 11.3 Å². The Hall–Kier alpha value is -0.530. The van der Waals surface area contributed by atoms with Crippen molar-refractivity contribution in [2.45, 2.75) is 72.3 Å². The Kier molecular flexibility index (Phi) is 4.82. The van der Waals surface area contributed by atoms with Gasteiger partial charge in [0, 0.05) is 6.42 Å². The summed E-state index contributed by atoms with van der Waals surface area (Å²) in [4.78, 5) is 11.9. The van der Waals surface area contributed by atoms with E-state index < -0.39 is 0 Å². The molecule has 1 fully saturated rings. The minimum absolute atomic E-state index is 0.0478. The molecule has 0 amide bonds. The summed E-state index contributed by atoms with van der Waals surface area (Å²) in [7, 11) is 0. The summed E-state index contributed by atoms with van der Waals surface area (Å²) < 4.78 is 5.52. The first-order chi connectivity index (χ1) is 7.57. The predicted octanol–water partition coefficient (Wildman–Crippen LogP) is 3.93. The van der Waals surface area contributed by atoms with Crippen LogP contribution in [0.4, 0.5) is 0 Å². The van der Waals surface area contributed by atoms with Crippen LogP contribution in [-0.2, 0) is 9.53 Å². The second-order valence-corrected chi connectivity index (χ2v) is 5.31. The Balaban J connectivity index is 2.47. The Labute approximate surface area is 99.8 Å². The van der Waals surface area contributed by atoms with Crippen LogP contribution in [0.2, 0.25) is 0 Å². The quantitative estimate of drug-likeness (QED) is 0.641. The summed E-state index contributed by atoms with van der Waals surface area (Å²) in [5, 5.41) is 0. The molecule has 2 heteroatoms. The molecule has 0 saturated carbocycles. The fraction of sp³-hybridized carbons (Fsp3) is 0.929. The lowest BCUT2D eigenvalue weighted by Crippen LogP contribution is -2.24. The third-order valence-corrected chi connectivity index (χ3v) is 4.36. The molecule has 0 spiro atoms. The highest BCUT2D eigenvalue weighted by atomic mass is 16.6. The molecule has 1 aliphatic heterocycles. The number of ether oxygens (including phenoxy) is 1. The van der Waals surface area contributed by atoms with E-state index in [0.29, 0.717) is 0 Å². The van der Waals surface area contributed by atoms with Crippen molar-refractivity contribution in [3.05, 3.63) is 0 Å². The lowest BCUT2D eigenvalue weighted by atomic mass is 9.79. The largest absolute Gasteiger partial charge is 0.462 e. The first-order valence-electron chi connectivity index (χ1n) is 6.79. The van der Waals surface area contributed by atoms with Crippen LogP contribution in [-0.4, -0.2) is 12.1 Å². The maximum absolute atomic E-state index is 11.9. The molecule has 0 aromatic rings. The second-order valence-electron chi connectivity index (χ2n) is 5.31. The Morgan fingerprint density at radius 1 is 1.38 bits per heavy atom. The van der Waals surface area contributed by atoms with Gasteiger partial charge in [0.15, 0.2) is 0 Å². The number of esters is 1. The predicted molar refractivity (Wildman–Crippen MR) is 66.2 cm³/mol. The van der Waals surface area contributed by atoms with Gasteiger partial charge >= 0.3 is 5.97 Å². The summed E-state index contributed by atoms with van der Waals surface area (Å²) in [5.41, 5.74) is -0.167. The zero-order chi connectivity index (χ0) is 12.2. The van der Waals surface area contributed by atoms with E-state index in [1.54, 1.807) is 0 Å². The smallest absolute Gasteiger partial charge is 0.312 e. The summed E-state index contributed by atoms with van der Waals surface area (Å²) in [6.45, 7) is 8.68. The van der Waals surface area contributed by atoms with Crippen LogP contribution in [0.3, 0.4) is 0 Å². The summed E-state index contributed by atoms with van der Waals surface area (Å²) in [6, 6.07) is 0. The topological polar surface area (TPSA) is 26.3 Å². The van der Waals surface area contributed by atoms with E-state index >= 15 is 0 Å². The highest BCUT2D eigenvalue weighted by Gasteiger charge is 2.45. The van der Waals surface area contributed by atoms with E-state index in [9.17, 15) is 4.79 Å². The monoisotopic (exact) mass is 226 g/mol. The van der Waals surface area contributed by atoms with E-state index in [-0.39, 0.29) is 17.5 Å². The molecule has 0 radical (unpaired) electrons. The molecule has 2 unspecified atom stereocenters. The van der Waals surface area contributed by atoms with Gasteiger partial charge in [0.25, 0.3) is 0 Å². The molecule has 94 valence electrons. The average Bonchev–Trinajstić information content (AvgIpc) is 2.63. The molecule has 0 N–H and O–H groups in total. The Morgan fingerprint density at radius 3 is 2.44 bits per heavy atom. The lowest BCUT2D eigenvalue weighted by molar-refractivity contribution is -0.149. The minimum atomic E-state index is -0.167. The molecule has 0 bridgehead atoms. The van der Waals surface area contributed by atoms with Gasteiger partial charge in [-0.15, -0.1) is 0 Å². The van der Waals surface area contributed by atoms with Gasteiger partial charge in [-0.25, -0.2) is 0 Å². The minimum Gasteiger partial charge on any atom is -0.462 e. The van der Waals surface area contributed by atoms with Gasteiger partial charge in [0.2, 0.25) is 0 Å². The van der Waals surface area contributed by atoms with E-state index in [4.69, 9.17) is 4.74 Å². The first-order valence-corrected chi connectivity index (χ1v) is 6.79. The molecule has 1 rings (SSSR count). The molecule has 1 saturated heterocycles. The lowest BCUT2D eigenvalue weighted by Gasteiger charge is -2.20. The van der Waals surface area contributed by atoms with Crippen LogP contribution in [0.1, 0.15) is 66.2 Å². The molecule has 0 aromatic carbocycles. The van der Waals surface area contributed by atoms with Gasteiger partial charge in [-0.2, -0.15) is 0 Å². The fourth-order valence-electron chi connectivity index (χ4n) is 2.50. The maximum atomic E-state index is 11.9. The standard InChI is InChI=1S/C14H26O2/c1-5-11(4)8-9-12-10-14(6-2,7-3)13(15)16-12/h11-12H,5-10H2,1-4H3. The summed E-state index contributed by atoms with van der Waals surface area (Å²) in [5.74, 6) is 0.795. The maximum Gasteiger partial charge on any atom is 0.312 e. The number of carbonyl (C=O) groups excluding carboxylic acids is 1. The SMILES string of the molecule is CCC(C)CCC1CC(CC)(CC)C(=O)O1. The van der Waals surface area contributed by atoms with Crippen molar-refractivity contribution in [1.82, 2.24) is 0 Å². The Morgan fingerprint density at radius 2 is 2.00 bits per heavy atom. The highest BCUT2D eigenvalue weighted by molar-refractivity contribution is 5.78. The molecule has 2 atom stereocenters. The van der Waals surface area contributed by atoms with Crippen LogP contribution in [0.25, 0.3) is 0 Å². The molecule has 16 heavy (non-hydrogen) atoms. The zero-order valence-electron chi connectivity index (χ0n) is 11.2.